The standard InChI is InChI=1S/C20H31N3OS/c1-16(2)7-6-9-20(3)10-8-18(24)23(15-20)13-17-14-25-19(21-17)22-11-4-5-12-22/h7,14H,4-6,8-13,15H2,1-3H3/t20-/m1/s1. The van der Waals surface area contributed by atoms with E-state index >= 15 is 0 Å². The van der Waals surface area contributed by atoms with Crippen molar-refractivity contribution in [3.63, 3.8) is 0 Å². The molecule has 1 aromatic heterocycles. The maximum absolute atomic E-state index is 12.4. The highest BCUT2D eigenvalue weighted by Gasteiger charge is 2.34. The summed E-state index contributed by atoms with van der Waals surface area (Å²) in [5.41, 5.74) is 2.66. The van der Waals surface area contributed by atoms with E-state index in [1.54, 1.807) is 11.3 Å². The van der Waals surface area contributed by atoms with Crippen LogP contribution in [0.15, 0.2) is 17.0 Å². The summed E-state index contributed by atoms with van der Waals surface area (Å²) in [4.78, 5) is 21.6. The highest BCUT2D eigenvalue weighted by atomic mass is 32.1. The molecule has 2 aliphatic heterocycles. The number of nitrogens with zero attached hydrogens (tertiary/aromatic N) is 3. The van der Waals surface area contributed by atoms with Crippen LogP contribution in [0.5, 0.6) is 0 Å². The Labute approximate surface area is 155 Å². The zero-order valence-corrected chi connectivity index (χ0v) is 16.7. The van der Waals surface area contributed by atoms with E-state index < -0.39 is 0 Å². The number of piperidine rings is 1. The summed E-state index contributed by atoms with van der Waals surface area (Å²) < 4.78 is 0. The van der Waals surface area contributed by atoms with Gasteiger partial charge in [0.2, 0.25) is 5.91 Å². The Bertz CT molecular complexity index is 629. The van der Waals surface area contributed by atoms with Crippen LogP contribution in [-0.4, -0.2) is 35.4 Å². The van der Waals surface area contributed by atoms with E-state index in [-0.39, 0.29) is 11.3 Å². The minimum Gasteiger partial charge on any atom is -0.348 e. The van der Waals surface area contributed by atoms with Crippen LogP contribution in [0.25, 0.3) is 0 Å². The van der Waals surface area contributed by atoms with Crippen molar-refractivity contribution in [3.05, 3.63) is 22.7 Å². The largest absolute Gasteiger partial charge is 0.348 e. The normalized spacial score (nSPS) is 24.0. The first kappa shape index (κ1) is 18.4. The number of rotatable bonds is 6. The molecule has 5 heteroatoms. The molecule has 0 N–H and O–H groups in total. The minimum absolute atomic E-state index is 0.230. The molecular formula is C20H31N3OS. The van der Waals surface area contributed by atoms with Crippen molar-refractivity contribution in [2.75, 3.05) is 24.5 Å². The number of carbonyl (C=O) groups is 1. The van der Waals surface area contributed by atoms with Crippen molar-refractivity contribution in [2.24, 2.45) is 5.41 Å². The number of carbonyl (C=O) groups excluding carboxylic acids is 1. The molecule has 0 bridgehead atoms. The van der Waals surface area contributed by atoms with E-state index in [0.717, 1.165) is 49.7 Å². The molecule has 0 aromatic carbocycles. The Balaban J connectivity index is 1.60. The van der Waals surface area contributed by atoms with Crippen molar-refractivity contribution in [1.29, 1.82) is 0 Å². The van der Waals surface area contributed by atoms with E-state index in [9.17, 15) is 4.79 Å². The highest BCUT2D eigenvalue weighted by molar-refractivity contribution is 7.13. The van der Waals surface area contributed by atoms with Gasteiger partial charge in [-0.15, -0.1) is 11.3 Å². The molecule has 4 nitrogen and oxygen atoms in total. The fourth-order valence-electron chi connectivity index (χ4n) is 3.87. The van der Waals surface area contributed by atoms with Gasteiger partial charge in [0.15, 0.2) is 5.13 Å². The lowest BCUT2D eigenvalue weighted by Crippen LogP contribution is -2.44. The average molecular weight is 362 g/mol. The Hall–Kier alpha value is -1.36. The van der Waals surface area contributed by atoms with Crippen LogP contribution in [0.4, 0.5) is 5.13 Å². The number of anilines is 1. The Morgan fingerprint density at radius 3 is 2.84 bits per heavy atom. The summed E-state index contributed by atoms with van der Waals surface area (Å²) in [6, 6.07) is 0. The van der Waals surface area contributed by atoms with Crippen LogP contribution >= 0.6 is 11.3 Å². The summed E-state index contributed by atoms with van der Waals surface area (Å²) in [7, 11) is 0. The first-order chi connectivity index (χ1) is 12.0. The lowest BCUT2D eigenvalue weighted by Gasteiger charge is -2.40. The van der Waals surface area contributed by atoms with Gasteiger partial charge >= 0.3 is 0 Å². The molecule has 25 heavy (non-hydrogen) atoms. The van der Waals surface area contributed by atoms with Crippen molar-refractivity contribution in [1.82, 2.24) is 9.88 Å². The van der Waals surface area contributed by atoms with Crippen molar-refractivity contribution in [2.45, 2.75) is 65.8 Å². The molecule has 1 atom stereocenters. The van der Waals surface area contributed by atoms with Gasteiger partial charge in [-0.1, -0.05) is 18.6 Å². The van der Waals surface area contributed by atoms with Gasteiger partial charge in [0.25, 0.3) is 0 Å². The first-order valence-electron chi connectivity index (χ1n) is 9.56. The highest BCUT2D eigenvalue weighted by Crippen LogP contribution is 2.36. The third-order valence-electron chi connectivity index (χ3n) is 5.44. The summed E-state index contributed by atoms with van der Waals surface area (Å²) in [5.74, 6) is 0.287. The first-order valence-corrected chi connectivity index (χ1v) is 10.4. The van der Waals surface area contributed by atoms with E-state index in [2.05, 4.69) is 37.1 Å². The molecule has 1 amide bonds. The van der Waals surface area contributed by atoms with Gasteiger partial charge < -0.3 is 9.80 Å². The van der Waals surface area contributed by atoms with E-state index in [1.165, 1.54) is 18.4 Å². The number of amides is 1. The van der Waals surface area contributed by atoms with Crippen molar-refractivity contribution < 1.29 is 4.79 Å². The molecule has 2 fully saturated rings. The molecule has 0 spiro atoms. The molecule has 2 saturated heterocycles. The molecule has 3 heterocycles. The lowest BCUT2D eigenvalue weighted by atomic mass is 9.77. The third-order valence-corrected chi connectivity index (χ3v) is 6.39. The summed E-state index contributed by atoms with van der Waals surface area (Å²) in [6.45, 7) is 10.4. The minimum atomic E-state index is 0.230. The lowest BCUT2D eigenvalue weighted by molar-refractivity contribution is -0.138. The summed E-state index contributed by atoms with van der Waals surface area (Å²) >= 11 is 1.72. The number of likely N-dealkylation sites (tertiary alicyclic amines) is 1. The molecule has 0 saturated carbocycles. The van der Waals surface area contributed by atoms with Crippen molar-refractivity contribution >= 4 is 22.4 Å². The predicted octanol–water partition coefficient (Wildman–Crippen LogP) is 4.62. The Morgan fingerprint density at radius 2 is 2.12 bits per heavy atom. The predicted molar refractivity (Wildman–Crippen MR) is 105 cm³/mol. The van der Waals surface area contributed by atoms with Gasteiger partial charge in [-0.3, -0.25) is 4.79 Å². The Morgan fingerprint density at radius 1 is 1.36 bits per heavy atom. The average Bonchev–Trinajstić information content (AvgIpc) is 3.22. The fourth-order valence-corrected chi connectivity index (χ4v) is 4.74. The Kier molecular flexibility index (Phi) is 5.82. The summed E-state index contributed by atoms with van der Waals surface area (Å²) in [5, 5.41) is 3.26. The second-order valence-electron chi connectivity index (χ2n) is 8.20. The maximum Gasteiger partial charge on any atom is 0.222 e. The number of hydrogen-bond acceptors (Lipinski definition) is 4. The zero-order valence-electron chi connectivity index (χ0n) is 15.9. The van der Waals surface area contributed by atoms with Gasteiger partial charge in [-0.2, -0.15) is 0 Å². The SMILES string of the molecule is CC(C)=CCC[C@]1(C)CCC(=O)N(Cc2csc(N3CCCC3)n2)C1. The quantitative estimate of drug-likeness (QED) is 0.694. The van der Waals surface area contributed by atoms with Crippen molar-refractivity contribution in [3.8, 4) is 0 Å². The van der Waals surface area contributed by atoms with E-state index in [1.807, 2.05) is 4.90 Å². The molecule has 0 unspecified atom stereocenters. The summed E-state index contributed by atoms with van der Waals surface area (Å²) in [6.07, 6.45) is 8.79. The van der Waals surface area contributed by atoms with Gasteiger partial charge in [0.1, 0.15) is 0 Å². The van der Waals surface area contributed by atoms with Crippen LogP contribution in [-0.2, 0) is 11.3 Å². The van der Waals surface area contributed by atoms with Crippen LogP contribution in [0.1, 0.15) is 65.0 Å². The zero-order chi connectivity index (χ0) is 17.9. The number of allylic oxidation sites excluding steroid dienone is 2. The maximum atomic E-state index is 12.4. The van der Waals surface area contributed by atoms with Crippen LogP contribution in [0.3, 0.4) is 0 Å². The molecule has 0 radical (unpaired) electrons. The van der Waals surface area contributed by atoms with Crippen LogP contribution < -0.4 is 4.90 Å². The van der Waals surface area contributed by atoms with E-state index in [0.29, 0.717) is 13.0 Å². The van der Waals surface area contributed by atoms with Crippen LogP contribution in [0, 0.1) is 5.41 Å². The third kappa shape index (κ3) is 4.84. The van der Waals surface area contributed by atoms with Gasteiger partial charge in [0, 0.05) is 31.4 Å². The van der Waals surface area contributed by atoms with E-state index in [4.69, 9.17) is 4.98 Å². The number of aromatic nitrogens is 1. The second-order valence-corrected chi connectivity index (χ2v) is 9.03. The number of hydrogen-bond donors (Lipinski definition) is 0. The van der Waals surface area contributed by atoms with Gasteiger partial charge in [-0.05, 0) is 51.4 Å². The van der Waals surface area contributed by atoms with Gasteiger partial charge in [-0.25, -0.2) is 4.98 Å². The van der Waals surface area contributed by atoms with Gasteiger partial charge in [0.05, 0.1) is 12.2 Å². The molecule has 138 valence electrons. The van der Waals surface area contributed by atoms with Crippen LogP contribution in [0.2, 0.25) is 0 Å². The number of thiazole rings is 1. The molecular weight excluding hydrogens is 330 g/mol. The fraction of sp³-hybridized carbons (Fsp3) is 0.700. The molecule has 3 rings (SSSR count). The monoisotopic (exact) mass is 361 g/mol. The molecule has 0 aliphatic carbocycles. The smallest absolute Gasteiger partial charge is 0.222 e. The second kappa shape index (κ2) is 7.90. The molecule has 2 aliphatic rings. The molecule has 1 aromatic rings. The topological polar surface area (TPSA) is 36.4 Å².